The van der Waals surface area contributed by atoms with Gasteiger partial charge < -0.3 is 4.90 Å². The number of nitrogens with zero attached hydrogens (tertiary/aromatic N) is 2. The highest BCUT2D eigenvalue weighted by atomic mass is 79.9. The lowest BCUT2D eigenvalue weighted by Gasteiger charge is -2.37. The van der Waals surface area contributed by atoms with E-state index in [1.165, 1.54) is 6.07 Å². The Labute approximate surface area is 120 Å². The zero-order chi connectivity index (χ0) is 13.4. The van der Waals surface area contributed by atoms with E-state index in [1.54, 1.807) is 6.07 Å². The maximum absolute atomic E-state index is 13.3. The number of piperazine rings is 1. The van der Waals surface area contributed by atoms with Gasteiger partial charge in [0.15, 0.2) is 0 Å². The molecule has 1 aromatic carbocycles. The van der Waals surface area contributed by atoms with Crippen molar-refractivity contribution in [3.63, 3.8) is 0 Å². The van der Waals surface area contributed by atoms with Gasteiger partial charge in [0.05, 0.1) is 0 Å². The molecule has 102 valence electrons. The molecule has 0 aliphatic carbocycles. The van der Waals surface area contributed by atoms with Gasteiger partial charge in [-0.2, -0.15) is 0 Å². The van der Waals surface area contributed by atoms with Crippen molar-refractivity contribution in [2.75, 3.05) is 19.6 Å². The summed E-state index contributed by atoms with van der Waals surface area (Å²) in [5, 5.41) is 0. The Morgan fingerprint density at radius 1 is 1.32 bits per heavy atom. The monoisotopic (exact) mass is 326 g/mol. The normalized spacial score (nSPS) is 23.8. The predicted molar refractivity (Wildman–Crippen MR) is 74.1 cm³/mol. The van der Waals surface area contributed by atoms with Gasteiger partial charge >= 0.3 is 0 Å². The van der Waals surface area contributed by atoms with E-state index in [0.717, 1.165) is 42.6 Å². The van der Waals surface area contributed by atoms with Gasteiger partial charge in [0.2, 0.25) is 5.91 Å². The molecule has 3 nitrogen and oxygen atoms in total. The number of rotatable bonds is 2. The molecule has 0 radical (unpaired) electrons. The second-order valence-electron chi connectivity index (χ2n) is 5.29. The highest BCUT2D eigenvalue weighted by Gasteiger charge is 2.35. The van der Waals surface area contributed by atoms with Crippen LogP contribution in [0.4, 0.5) is 4.39 Å². The van der Waals surface area contributed by atoms with E-state index in [2.05, 4.69) is 20.8 Å². The standard InChI is InChI=1S/C14H16BrFN2O/c15-11-5-10(6-12(16)7-11)8-17-3-4-18-13(9-17)1-2-14(18)19/h5-7,13H,1-4,8-9H2. The van der Waals surface area contributed by atoms with Crippen molar-refractivity contribution in [2.24, 2.45) is 0 Å². The fraction of sp³-hybridized carbons (Fsp3) is 0.500. The number of hydrogen-bond acceptors (Lipinski definition) is 2. The Morgan fingerprint density at radius 3 is 2.95 bits per heavy atom. The first kappa shape index (κ1) is 13.1. The van der Waals surface area contributed by atoms with E-state index in [9.17, 15) is 9.18 Å². The van der Waals surface area contributed by atoms with Crippen LogP contribution < -0.4 is 0 Å². The molecule has 1 atom stereocenters. The SMILES string of the molecule is O=C1CCC2CN(Cc3cc(F)cc(Br)c3)CCN12. The molecular weight excluding hydrogens is 311 g/mol. The maximum atomic E-state index is 13.3. The van der Waals surface area contributed by atoms with E-state index in [-0.39, 0.29) is 11.7 Å². The first-order chi connectivity index (χ1) is 9.11. The molecule has 1 aromatic rings. The minimum absolute atomic E-state index is 0.209. The summed E-state index contributed by atoms with van der Waals surface area (Å²) < 4.78 is 14.1. The average molecular weight is 327 g/mol. The summed E-state index contributed by atoms with van der Waals surface area (Å²) in [6.07, 6.45) is 1.65. The van der Waals surface area contributed by atoms with Gasteiger partial charge in [0.25, 0.3) is 0 Å². The molecule has 0 aromatic heterocycles. The molecule has 2 aliphatic heterocycles. The fourth-order valence-corrected chi connectivity index (χ4v) is 3.55. The van der Waals surface area contributed by atoms with Crippen molar-refractivity contribution in [2.45, 2.75) is 25.4 Å². The first-order valence-corrected chi connectivity index (χ1v) is 7.38. The summed E-state index contributed by atoms with van der Waals surface area (Å²) >= 11 is 3.32. The summed E-state index contributed by atoms with van der Waals surface area (Å²) in [4.78, 5) is 15.9. The van der Waals surface area contributed by atoms with Gasteiger partial charge in [-0.05, 0) is 30.2 Å². The van der Waals surface area contributed by atoms with Crippen molar-refractivity contribution in [1.82, 2.24) is 9.80 Å². The molecule has 0 bridgehead atoms. The molecule has 1 amide bonds. The van der Waals surface area contributed by atoms with Crippen molar-refractivity contribution >= 4 is 21.8 Å². The summed E-state index contributed by atoms with van der Waals surface area (Å²) in [6, 6.07) is 5.36. The largest absolute Gasteiger partial charge is 0.337 e. The molecule has 19 heavy (non-hydrogen) atoms. The van der Waals surface area contributed by atoms with E-state index < -0.39 is 0 Å². The number of benzene rings is 1. The third kappa shape index (κ3) is 2.82. The van der Waals surface area contributed by atoms with Crippen LogP contribution >= 0.6 is 15.9 Å². The van der Waals surface area contributed by atoms with Crippen LogP contribution in [0.25, 0.3) is 0 Å². The summed E-state index contributed by atoms with van der Waals surface area (Å²) in [5.74, 6) is 0.0807. The lowest BCUT2D eigenvalue weighted by molar-refractivity contribution is -0.130. The minimum Gasteiger partial charge on any atom is -0.337 e. The number of amides is 1. The van der Waals surface area contributed by atoms with E-state index in [1.807, 2.05) is 11.0 Å². The molecule has 0 saturated carbocycles. The predicted octanol–water partition coefficient (Wildman–Crippen LogP) is 2.39. The Kier molecular flexibility index (Phi) is 3.58. The van der Waals surface area contributed by atoms with Crippen LogP contribution in [-0.2, 0) is 11.3 Å². The molecule has 0 N–H and O–H groups in total. The smallest absolute Gasteiger partial charge is 0.222 e. The van der Waals surface area contributed by atoms with Crippen LogP contribution in [0.1, 0.15) is 18.4 Å². The Morgan fingerprint density at radius 2 is 2.16 bits per heavy atom. The number of fused-ring (bicyclic) bond motifs is 1. The number of carbonyl (C=O) groups is 1. The van der Waals surface area contributed by atoms with Crippen LogP contribution in [0.15, 0.2) is 22.7 Å². The number of carbonyl (C=O) groups excluding carboxylic acids is 1. The zero-order valence-electron chi connectivity index (χ0n) is 10.6. The second kappa shape index (κ2) is 5.21. The van der Waals surface area contributed by atoms with Gasteiger partial charge in [-0.15, -0.1) is 0 Å². The van der Waals surface area contributed by atoms with Gasteiger partial charge in [-0.3, -0.25) is 9.69 Å². The molecular formula is C14H16BrFN2O. The van der Waals surface area contributed by atoms with Crippen molar-refractivity contribution in [1.29, 1.82) is 0 Å². The Bertz CT molecular complexity index is 488. The highest BCUT2D eigenvalue weighted by Crippen LogP contribution is 2.24. The fourth-order valence-electron chi connectivity index (χ4n) is 3.03. The topological polar surface area (TPSA) is 23.6 Å². The maximum Gasteiger partial charge on any atom is 0.222 e. The van der Waals surface area contributed by atoms with Crippen LogP contribution in [0.5, 0.6) is 0 Å². The summed E-state index contributed by atoms with van der Waals surface area (Å²) in [6.45, 7) is 3.32. The van der Waals surface area contributed by atoms with Crippen LogP contribution in [0.3, 0.4) is 0 Å². The second-order valence-corrected chi connectivity index (χ2v) is 6.21. The average Bonchev–Trinajstić information content (AvgIpc) is 2.69. The van der Waals surface area contributed by atoms with Crippen LogP contribution in [-0.4, -0.2) is 41.4 Å². The summed E-state index contributed by atoms with van der Waals surface area (Å²) in [5.41, 5.74) is 0.977. The molecule has 2 fully saturated rings. The molecule has 5 heteroatoms. The number of hydrogen-bond donors (Lipinski definition) is 0. The van der Waals surface area contributed by atoms with E-state index in [0.29, 0.717) is 12.5 Å². The third-order valence-corrected chi connectivity index (χ3v) is 4.36. The molecule has 0 spiro atoms. The summed E-state index contributed by atoms with van der Waals surface area (Å²) in [7, 11) is 0. The van der Waals surface area contributed by atoms with Gasteiger partial charge in [-0.25, -0.2) is 4.39 Å². The lowest BCUT2D eigenvalue weighted by Crippen LogP contribution is -2.50. The van der Waals surface area contributed by atoms with Crippen LogP contribution in [0, 0.1) is 5.82 Å². The third-order valence-electron chi connectivity index (χ3n) is 3.91. The van der Waals surface area contributed by atoms with Crippen molar-refractivity contribution in [3.8, 4) is 0 Å². The van der Waals surface area contributed by atoms with Crippen molar-refractivity contribution < 1.29 is 9.18 Å². The van der Waals surface area contributed by atoms with E-state index >= 15 is 0 Å². The zero-order valence-corrected chi connectivity index (χ0v) is 12.2. The Balaban J connectivity index is 1.66. The lowest BCUT2D eigenvalue weighted by atomic mass is 10.1. The molecule has 2 heterocycles. The molecule has 2 saturated heterocycles. The number of halogens is 2. The molecule has 3 rings (SSSR count). The van der Waals surface area contributed by atoms with Crippen molar-refractivity contribution in [3.05, 3.63) is 34.1 Å². The van der Waals surface area contributed by atoms with E-state index in [4.69, 9.17) is 0 Å². The molecule has 2 aliphatic rings. The minimum atomic E-state index is -0.209. The molecule has 1 unspecified atom stereocenters. The van der Waals surface area contributed by atoms with Gasteiger partial charge in [-0.1, -0.05) is 15.9 Å². The first-order valence-electron chi connectivity index (χ1n) is 6.58. The Hall–Kier alpha value is -0.940. The van der Waals surface area contributed by atoms with Gasteiger partial charge in [0.1, 0.15) is 5.82 Å². The highest BCUT2D eigenvalue weighted by molar-refractivity contribution is 9.10. The quantitative estimate of drug-likeness (QED) is 0.833. The van der Waals surface area contributed by atoms with Crippen LogP contribution in [0.2, 0.25) is 0 Å². The van der Waals surface area contributed by atoms with Gasteiger partial charge in [0, 0.05) is 43.1 Å².